The number of hydrogen-bond donors (Lipinski definition) is 2. The fourth-order valence-corrected chi connectivity index (χ4v) is 2.39. The molecule has 0 aromatic heterocycles. The fourth-order valence-electron chi connectivity index (χ4n) is 2.39. The normalized spacial score (nSPS) is 10.6. The largest absolute Gasteiger partial charge is 0.326 e. The van der Waals surface area contributed by atoms with Crippen LogP contribution in [-0.2, 0) is 9.59 Å². The number of nitro groups is 1. The SMILES string of the molecule is Cc1ccc(NC(=O)CCC(=O)N/N=C\c2ccccc2[N+](=O)[O-])c(C)c1. The minimum atomic E-state index is -0.527. The molecule has 2 N–H and O–H groups in total. The van der Waals surface area contributed by atoms with Gasteiger partial charge in [-0.3, -0.25) is 19.7 Å². The molecule has 0 atom stereocenters. The third-order valence-electron chi connectivity index (χ3n) is 3.76. The quantitative estimate of drug-likeness (QED) is 0.444. The highest BCUT2D eigenvalue weighted by molar-refractivity contribution is 5.94. The molecule has 2 aromatic rings. The van der Waals surface area contributed by atoms with Gasteiger partial charge in [-0.05, 0) is 31.5 Å². The van der Waals surface area contributed by atoms with Crippen molar-refractivity contribution in [1.29, 1.82) is 0 Å². The molecule has 8 heteroatoms. The van der Waals surface area contributed by atoms with Crippen molar-refractivity contribution in [1.82, 2.24) is 5.43 Å². The lowest BCUT2D eigenvalue weighted by atomic mass is 10.1. The smallest absolute Gasteiger partial charge is 0.278 e. The molecule has 0 aliphatic rings. The van der Waals surface area contributed by atoms with E-state index in [1.165, 1.54) is 18.3 Å². The zero-order valence-electron chi connectivity index (χ0n) is 15.1. The zero-order valence-corrected chi connectivity index (χ0v) is 15.1. The van der Waals surface area contributed by atoms with Crippen molar-refractivity contribution in [3.63, 3.8) is 0 Å². The molecule has 2 amide bonds. The van der Waals surface area contributed by atoms with Crippen LogP contribution in [0.3, 0.4) is 0 Å². The Balaban J connectivity index is 1.82. The van der Waals surface area contributed by atoms with E-state index in [-0.39, 0.29) is 30.0 Å². The summed E-state index contributed by atoms with van der Waals surface area (Å²) in [6.45, 7) is 3.86. The van der Waals surface area contributed by atoms with Gasteiger partial charge in [-0.2, -0.15) is 5.10 Å². The van der Waals surface area contributed by atoms with E-state index in [9.17, 15) is 19.7 Å². The molecule has 0 aliphatic carbocycles. The molecule has 0 spiro atoms. The van der Waals surface area contributed by atoms with E-state index in [0.717, 1.165) is 11.1 Å². The van der Waals surface area contributed by atoms with E-state index in [1.807, 2.05) is 32.0 Å². The van der Waals surface area contributed by atoms with Crippen molar-refractivity contribution in [2.45, 2.75) is 26.7 Å². The summed E-state index contributed by atoms with van der Waals surface area (Å²) in [4.78, 5) is 34.1. The molecule has 0 saturated heterocycles. The van der Waals surface area contributed by atoms with E-state index in [0.29, 0.717) is 5.69 Å². The number of hydrazone groups is 1. The lowest BCUT2D eigenvalue weighted by Crippen LogP contribution is -2.21. The van der Waals surface area contributed by atoms with Crippen LogP contribution in [0.2, 0.25) is 0 Å². The van der Waals surface area contributed by atoms with Crippen LogP contribution in [0.5, 0.6) is 0 Å². The molecule has 140 valence electrons. The Morgan fingerprint density at radius 2 is 1.81 bits per heavy atom. The molecule has 27 heavy (non-hydrogen) atoms. The number of carbonyl (C=O) groups is 2. The first-order chi connectivity index (χ1) is 12.9. The Morgan fingerprint density at radius 3 is 2.52 bits per heavy atom. The molecule has 0 unspecified atom stereocenters. The number of amides is 2. The summed E-state index contributed by atoms with van der Waals surface area (Å²) in [5, 5.41) is 17.4. The van der Waals surface area contributed by atoms with Gasteiger partial charge < -0.3 is 5.32 Å². The van der Waals surface area contributed by atoms with E-state index >= 15 is 0 Å². The predicted octanol–water partition coefficient (Wildman–Crippen LogP) is 3.08. The molecule has 0 bridgehead atoms. The van der Waals surface area contributed by atoms with Crippen LogP contribution in [0.25, 0.3) is 0 Å². The molecule has 0 radical (unpaired) electrons. The molecule has 0 saturated carbocycles. The van der Waals surface area contributed by atoms with Crippen molar-refractivity contribution in [3.8, 4) is 0 Å². The maximum absolute atomic E-state index is 12.0. The third kappa shape index (κ3) is 6.03. The first-order valence-corrected chi connectivity index (χ1v) is 8.29. The van der Waals surface area contributed by atoms with E-state index in [1.54, 1.807) is 12.1 Å². The van der Waals surface area contributed by atoms with Gasteiger partial charge in [0.15, 0.2) is 0 Å². The number of anilines is 1. The maximum atomic E-state index is 12.0. The predicted molar refractivity (Wildman–Crippen MR) is 103 cm³/mol. The summed E-state index contributed by atoms with van der Waals surface area (Å²) in [6.07, 6.45) is 1.15. The van der Waals surface area contributed by atoms with Gasteiger partial charge in [-0.1, -0.05) is 29.8 Å². The zero-order chi connectivity index (χ0) is 19.8. The second-order valence-electron chi connectivity index (χ2n) is 5.98. The van der Waals surface area contributed by atoms with Crippen LogP contribution in [0, 0.1) is 24.0 Å². The summed E-state index contributed by atoms with van der Waals surface area (Å²) in [6, 6.07) is 11.7. The van der Waals surface area contributed by atoms with Gasteiger partial charge in [0.05, 0.1) is 16.7 Å². The molecular formula is C19H20N4O4. The van der Waals surface area contributed by atoms with Gasteiger partial charge in [0, 0.05) is 24.6 Å². The summed E-state index contributed by atoms with van der Waals surface area (Å²) in [7, 11) is 0. The summed E-state index contributed by atoms with van der Waals surface area (Å²) < 4.78 is 0. The van der Waals surface area contributed by atoms with Crippen molar-refractivity contribution < 1.29 is 14.5 Å². The second kappa shape index (κ2) is 9.23. The number of nitrogens with zero attached hydrogens (tertiary/aromatic N) is 2. The van der Waals surface area contributed by atoms with Gasteiger partial charge in [-0.15, -0.1) is 0 Å². The molecule has 2 aromatic carbocycles. The Hall–Kier alpha value is -3.55. The Morgan fingerprint density at radius 1 is 1.11 bits per heavy atom. The third-order valence-corrected chi connectivity index (χ3v) is 3.76. The average Bonchev–Trinajstić information content (AvgIpc) is 2.62. The van der Waals surface area contributed by atoms with Gasteiger partial charge >= 0.3 is 0 Å². The fraction of sp³-hybridized carbons (Fsp3) is 0.211. The number of rotatable bonds is 7. The Labute approximate surface area is 156 Å². The highest BCUT2D eigenvalue weighted by Crippen LogP contribution is 2.16. The van der Waals surface area contributed by atoms with E-state index in [4.69, 9.17) is 0 Å². The monoisotopic (exact) mass is 368 g/mol. The van der Waals surface area contributed by atoms with Gasteiger partial charge in [0.2, 0.25) is 11.8 Å². The van der Waals surface area contributed by atoms with Crippen molar-refractivity contribution >= 4 is 29.4 Å². The minimum Gasteiger partial charge on any atom is -0.326 e. The molecule has 0 fully saturated rings. The lowest BCUT2D eigenvalue weighted by Gasteiger charge is -2.08. The molecule has 2 rings (SSSR count). The van der Waals surface area contributed by atoms with E-state index in [2.05, 4.69) is 15.8 Å². The summed E-state index contributed by atoms with van der Waals surface area (Å²) in [5.74, 6) is -0.736. The molecule has 0 aliphatic heterocycles. The number of aryl methyl sites for hydroxylation is 2. The average molecular weight is 368 g/mol. The van der Waals surface area contributed by atoms with Crippen LogP contribution < -0.4 is 10.7 Å². The van der Waals surface area contributed by atoms with Crippen molar-refractivity contribution in [3.05, 3.63) is 69.3 Å². The molecule has 8 nitrogen and oxygen atoms in total. The first-order valence-electron chi connectivity index (χ1n) is 8.29. The van der Waals surface area contributed by atoms with Crippen molar-refractivity contribution in [2.24, 2.45) is 5.10 Å². The van der Waals surface area contributed by atoms with E-state index < -0.39 is 10.8 Å². The van der Waals surface area contributed by atoms with Crippen LogP contribution in [0.4, 0.5) is 11.4 Å². The summed E-state index contributed by atoms with van der Waals surface area (Å²) >= 11 is 0. The Kier molecular flexibility index (Phi) is 6.76. The summed E-state index contributed by atoms with van der Waals surface area (Å²) in [5.41, 5.74) is 5.18. The number of nitro benzene ring substituents is 1. The topological polar surface area (TPSA) is 114 Å². The maximum Gasteiger partial charge on any atom is 0.278 e. The molecular weight excluding hydrogens is 348 g/mol. The van der Waals surface area contributed by atoms with Crippen LogP contribution in [0.15, 0.2) is 47.6 Å². The number of benzene rings is 2. The van der Waals surface area contributed by atoms with Gasteiger partial charge in [0.25, 0.3) is 5.69 Å². The Bertz CT molecular complexity index is 893. The van der Waals surface area contributed by atoms with Crippen LogP contribution in [-0.4, -0.2) is 23.0 Å². The number of hydrogen-bond acceptors (Lipinski definition) is 5. The van der Waals surface area contributed by atoms with Gasteiger partial charge in [-0.25, -0.2) is 5.43 Å². The standard InChI is InChI=1S/C19H20N4O4/c1-13-7-8-16(14(2)11-13)21-18(24)9-10-19(25)22-20-12-15-5-3-4-6-17(15)23(26)27/h3-8,11-12H,9-10H2,1-2H3,(H,21,24)(H,22,25)/b20-12-. The second-order valence-corrected chi connectivity index (χ2v) is 5.98. The highest BCUT2D eigenvalue weighted by Gasteiger charge is 2.11. The van der Waals surface area contributed by atoms with Crippen molar-refractivity contribution in [2.75, 3.05) is 5.32 Å². The number of para-hydroxylation sites is 1. The number of carbonyl (C=O) groups excluding carboxylic acids is 2. The highest BCUT2D eigenvalue weighted by atomic mass is 16.6. The van der Waals surface area contributed by atoms with Crippen LogP contribution in [0.1, 0.15) is 29.5 Å². The lowest BCUT2D eigenvalue weighted by molar-refractivity contribution is -0.385. The number of nitrogens with one attached hydrogen (secondary N) is 2. The minimum absolute atomic E-state index is 0.000153. The first kappa shape index (κ1) is 19.8. The molecule has 0 heterocycles. The van der Waals surface area contributed by atoms with Crippen LogP contribution >= 0.6 is 0 Å². The van der Waals surface area contributed by atoms with Gasteiger partial charge in [0.1, 0.15) is 0 Å².